The van der Waals surface area contributed by atoms with Crippen LogP contribution in [0.15, 0.2) is 76.5 Å². The van der Waals surface area contributed by atoms with Crippen LogP contribution in [-0.2, 0) is 33.0 Å². The van der Waals surface area contributed by atoms with Crippen molar-refractivity contribution >= 4 is 31.6 Å². The van der Waals surface area contributed by atoms with Crippen molar-refractivity contribution in [1.82, 2.24) is 13.5 Å². The molecule has 1 fully saturated rings. The van der Waals surface area contributed by atoms with Crippen LogP contribution in [0, 0.1) is 6.92 Å². The number of hydrogen-bond donors (Lipinski definition) is 0. The van der Waals surface area contributed by atoms with Gasteiger partial charge in [-0.2, -0.15) is 4.31 Å². The van der Waals surface area contributed by atoms with Gasteiger partial charge in [0, 0.05) is 64.6 Å². The van der Waals surface area contributed by atoms with Gasteiger partial charge >= 0.3 is 0 Å². The van der Waals surface area contributed by atoms with Gasteiger partial charge in [0.1, 0.15) is 0 Å². The normalized spacial score (nSPS) is 16.9. The Morgan fingerprint density at radius 2 is 1.43 bits per heavy atom. The fourth-order valence-corrected chi connectivity index (χ4v) is 7.49. The number of rotatable bonds is 7. The van der Waals surface area contributed by atoms with Crippen LogP contribution in [0.4, 0.5) is 5.69 Å². The Morgan fingerprint density at radius 3 is 2.05 bits per heavy atom. The Bertz CT molecular complexity index is 1610. The molecule has 40 heavy (non-hydrogen) atoms. The molecule has 3 aromatic carbocycles. The number of carbonyl (C=O) groups is 1. The summed E-state index contributed by atoms with van der Waals surface area (Å²) in [6.45, 7) is 5.21. The van der Waals surface area contributed by atoms with Crippen LogP contribution in [0.25, 0.3) is 0 Å². The van der Waals surface area contributed by atoms with Gasteiger partial charge < -0.3 is 4.90 Å². The highest BCUT2D eigenvalue weighted by atomic mass is 32.2. The van der Waals surface area contributed by atoms with Crippen LogP contribution in [0.3, 0.4) is 0 Å². The summed E-state index contributed by atoms with van der Waals surface area (Å²) in [5, 5.41) is 0. The lowest BCUT2D eigenvalue weighted by molar-refractivity contribution is 0.0989. The van der Waals surface area contributed by atoms with Crippen molar-refractivity contribution in [3.8, 4) is 0 Å². The number of piperazine rings is 1. The third-order valence-corrected chi connectivity index (χ3v) is 11.3. The number of sulfonamides is 2. The molecule has 0 atom stereocenters. The molecular formula is C29H34N4O5S2. The summed E-state index contributed by atoms with van der Waals surface area (Å²) >= 11 is 0. The first-order valence-corrected chi connectivity index (χ1v) is 16.1. The molecule has 5 rings (SSSR count). The number of nitrogens with zero attached hydrogens (tertiary/aromatic N) is 4. The molecule has 0 aromatic heterocycles. The molecule has 1 amide bonds. The van der Waals surface area contributed by atoms with Crippen molar-refractivity contribution in [1.29, 1.82) is 0 Å². The van der Waals surface area contributed by atoms with Crippen LogP contribution in [-0.4, -0.2) is 83.1 Å². The van der Waals surface area contributed by atoms with E-state index >= 15 is 0 Å². The highest BCUT2D eigenvalue weighted by Gasteiger charge is 2.30. The van der Waals surface area contributed by atoms with Crippen molar-refractivity contribution in [2.75, 3.05) is 51.7 Å². The van der Waals surface area contributed by atoms with Gasteiger partial charge in [0.2, 0.25) is 20.0 Å². The van der Waals surface area contributed by atoms with E-state index in [2.05, 4.69) is 4.90 Å². The van der Waals surface area contributed by atoms with Crippen molar-refractivity contribution in [2.45, 2.75) is 29.7 Å². The van der Waals surface area contributed by atoms with Gasteiger partial charge in [-0.15, -0.1) is 0 Å². The number of carbonyl (C=O) groups excluding carboxylic acids is 1. The second kappa shape index (κ2) is 11.1. The zero-order valence-corrected chi connectivity index (χ0v) is 24.6. The zero-order valence-electron chi connectivity index (χ0n) is 22.9. The maximum atomic E-state index is 13.3. The van der Waals surface area contributed by atoms with Crippen LogP contribution in [0.5, 0.6) is 0 Å². The summed E-state index contributed by atoms with van der Waals surface area (Å²) in [5.74, 6) is -0.122. The van der Waals surface area contributed by atoms with E-state index in [9.17, 15) is 21.6 Å². The zero-order chi connectivity index (χ0) is 28.7. The summed E-state index contributed by atoms with van der Waals surface area (Å²) < 4.78 is 53.7. The first-order valence-electron chi connectivity index (χ1n) is 13.2. The van der Waals surface area contributed by atoms with E-state index in [4.69, 9.17) is 0 Å². The fraction of sp³-hybridized carbons (Fsp3) is 0.345. The lowest BCUT2D eigenvalue weighted by Gasteiger charge is -2.34. The van der Waals surface area contributed by atoms with Gasteiger partial charge in [0.25, 0.3) is 5.91 Å². The molecule has 0 unspecified atom stereocenters. The predicted molar refractivity (Wildman–Crippen MR) is 154 cm³/mol. The first kappa shape index (κ1) is 28.4. The van der Waals surface area contributed by atoms with E-state index in [1.165, 1.54) is 18.4 Å². The van der Waals surface area contributed by atoms with Crippen LogP contribution in [0.2, 0.25) is 0 Å². The van der Waals surface area contributed by atoms with Gasteiger partial charge in [-0.3, -0.25) is 9.69 Å². The monoisotopic (exact) mass is 582 g/mol. The number of amides is 1. The van der Waals surface area contributed by atoms with Gasteiger partial charge in [-0.25, -0.2) is 21.1 Å². The Balaban J connectivity index is 1.19. The third kappa shape index (κ3) is 5.57. The maximum Gasteiger partial charge on any atom is 0.258 e. The Morgan fingerprint density at radius 1 is 0.800 bits per heavy atom. The van der Waals surface area contributed by atoms with E-state index in [-0.39, 0.29) is 10.8 Å². The molecule has 1 saturated heterocycles. The lowest BCUT2D eigenvalue weighted by Crippen LogP contribution is -2.48. The molecule has 212 valence electrons. The largest absolute Gasteiger partial charge is 0.308 e. The minimum absolute atomic E-state index is 0.122. The summed E-state index contributed by atoms with van der Waals surface area (Å²) in [7, 11) is -4.04. The molecule has 2 heterocycles. The molecule has 0 spiro atoms. The van der Waals surface area contributed by atoms with Crippen molar-refractivity contribution in [3.63, 3.8) is 0 Å². The molecule has 0 radical (unpaired) electrons. The van der Waals surface area contributed by atoms with Crippen LogP contribution in [0.1, 0.15) is 27.0 Å². The molecule has 0 N–H and O–H groups in total. The predicted octanol–water partition coefficient (Wildman–Crippen LogP) is 2.95. The first-order chi connectivity index (χ1) is 19.0. The van der Waals surface area contributed by atoms with Gasteiger partial charge in [-0.1, -0.05) is 29.8 Å². The maximum absolute atomic E-state index is 13.3. The second-order valence-electron chi connectivity index (χ2n) is 10.5. The molecule has 0 aliphatic carbocycles. The molecule has 0 bridgehead atoms. The Labute approximate surface area is 236 Å². The van der Waals surface area contributed by atoms with Gasteiger partial charge in [0.15, 0.2) is 0 Å². The van der Waals surface area contributed by atoms with Crippen molar-refractivity contribution in [3.05, 3.63) is 89.0 Å². The summed E-state index contributed by atoms with van der Waals surface area (Å²) in [4.78, 5) is 17.8. The highest BCUT2D eigenvalue weighted by Crippen LogP contribution is 2.32. The third-order valence-electron chi connectivity index (χ3n) is 7.57. The lowest BCUT2D eigenvalue weighted by atomic mass is 10.1. The number of hydrogen-bond acceptors (Lipinski definition) is 6. The minimum atomic E-state index is -3.54. The van der Waals surface area contributed by atoms with E-state index < -0.39 is 20.0 Å². The summed E-state index contributed by atoms with van der Waals surface area (Å²) in [6, 6.07) is 19.4. The molecule has 3 aromatic rings. The summed E-state index contributed by atoms with van der Waals surface area (Å²) in [5.41, 5.74) is 4.22. The summed E-state index contributed by atoms with van der Waals surface area (Å²) in [6.07, 6.45) is 0.599. The van der Waals surface area contributed by atoms with Gasteiger partial charge in [-0.05, 0) is 66.9 Å². The smallest absolute Gasteiger partial charge is 0.258 e. The standard InChI is InChI=1S/C29H34N4O5S2/c1-22-4-10-26(11-5-22)40(37,38)32-18-16-31(17-19-32)21-23-6-8-24(9-7-23)29(34)33-15-14-25-20-27(12-13-28(25)33)39(35,36)30(2)3/h4-13,20H,14-19,21H2,1-3H3. The molecule has 2 aliphatic rings. The average molecular weight is 583 g/mol. The number of fused-ring (bicyclic) bond motifs is 1. The highest BCUT2D eigenvalue weighted by molar-refractivity contribution is 7.89. The SMILES string of the molecule is Cc1ccc(S(=O)(=O)N2CCN(Cc3ccc(C(=O)N4CCc5cc(S(=O)(=O)N(C)C)ccc54)cc3)CC2)cc1. The molecular weight excluding hydrogens is 548 g/mol. The fourth-order valence-electron chi connectivity index (χ4n) is 5.11. The molecule has 11 heteroatoms. The van der Waals surface area contributed by atoms with Crippen molar-refractivity contribution < 1.29 is 21.6 Å². The Hall–Kier alpha value is -3.09. The molecule has 2 aliphatic heterocycles. The van der Waals surface area contributed by atoms with Gasteiger partial charge in [0.05, 0.1) is 9.79 Å². The van der Waals surface area contributed by atoms with E-state index in [0.717, 1.165) is 22.4 Å². The Kier molecular flexibility index (Phi) is 7.86. The molecule has 9 nitrogen and oxygen atoms in total. The van der Waals surface area contributed by atoms with E-state index in [0.29, 0.717) is 56.1 Å². The molecule has 0 saturated carbocycles. The number of aryl methyl sites for hydroxylation is 1. The van der Waals surface area contributed by atoms with E-state index in [1.54, 1.807) is 39.5 Å². The second-order valence-corrected chi connectivity index (χ2v) is 14.6. The van der Waals surface area contributed by atoms with E-state index in [1.807, 2.05) is 43.3 Å². The quantitative estimate of drug-likeness (QED) is 0.425. The van der Waals surface area contributed by atoms with Crippen LogP contribution >= 0.6 is 0 Å². The topological polar surface area (TPSA) is 98.3 Å². The minimum Gasteiger partial charge on any atom is -0.308 e. The van der Waals surface area contributed by atoms with Crippen LogP contribution < -0.4 is 4.90 Å². The van der Waals surface area contributed by atoms with Crippen molar-refractivity contribution in [2.24, 2.45) is 0 Å². The number of anilines is 1. The number of benzene rings is 3. The average Bonchev–Trinajstić information content (AvgIpc) is 3.37.